The molecule has 1 N–H and O–H groups in total. The third kappa shape index (κ3) is 5.99. The smallest absolute Gasteiger partial charge is 0.346 e. The van der Waals surface area contributed by atoms with Crippen molar-refractivity contribution >= 4 is 11.9 Å². The normalized spacial score (nSPS) is 16.0. The number of alkyl halides is 3. The number of hydrogen-bond donors (Lipinski definition) is 1. The van der Waals surface area contributed by atoms with Crippen LogP contribution in [0.4, 0.5) is 19.1 Å². The van der Waals surface area contributed by atoms with E-state index < -0.39 is 24.0 Å². The number of unbranched alkanes of at least 4 members (excludes halogenated alkanes) is 1. The van der Waals surface area contributed by atoms with E-state index in [0.29, 0.717) is 12.8 Å². The number of carbonyl (C=O) groups is 1. The van der Waals surface area contributed by atoms with Gasteiger partial charge in [0.25, 0.3) is 0 Å². The van der Waals surface area contributed by atoms with Gasteiger partial charge >= 0.3 is 6.18 Å². The van der Waals surface area contributed by atoms with Crippen LogP contribution in [-0.4, -0.2) is 66.2 Å². The Morgan fingerprint density at radius 2 is 1.44 bits per heavy atom. The van der Waals surface area contributed by atoms with Gasteiger partial charge in [0, 0.05) is 37.9 Å². The number of nitrogens with zero attached hydrogens (tertiary/aromatic N) is 4. The number of rotatable bonds is 9. The van der Waals surface area contributed by atoms with Crippen molar-refractivity contribution in [3.8, 4) is 22.4 Å². The number of anilines is 1. The summed E-state index contributed by atoms with van der Waals surface area (Å²) in [6, 6.07) is 27.2. The van der Waals surface area contributed by atoms with Crippen molar-refractivity contribution in [1.29, 1.82) is 0 Å². The van der Waals surface area contributed by atoms with Gasteiger partial charge in [-0.1, -0.05) is 85.3 Å². The Balaban J connectivity index is 1.10. The van der Waals surface area contributed by atoms with Crippen molar-refractivity contribution in [2.75, 3.05) is 44.2 Å². The molecule has 0 unspecified atom stereocenters. The molecule has 0 spiro atoms. The molecule has 1 amide bonds. The van der Waals surface area contributed by atoms with Crippen LogP contribution in [0.25, 0.3) is 22.4 Å². The second-order valence-electron chi connectivity index (χ2n) is 11.2. The minimum atomic E-state index is -4.48. The van der Waals surface area contributed by atoms with Gasteiger partial charge in [0.05, 0.1) is 5.69 Å². The molecule has 222 valence electrons. The summed E-state index contributed by atoms with van der Waals surface area (Å²) < 4.78 is 39.4. The Morgan fingerprint density at radius 1 is 0.814 bits per heavy atom. The Hall–Kier alpha value is -4.24. The molecule has 4 aromatic rings. The van der Waals surface area contributed by atoms with Crippen LogP contribution in [-0.2, 0) is 10.2 Å². The molecule has 1 aromatic heterocycles. The molecular weight excluding hydrogens is 551 g/mol. The van der Waals surface area contributed by atoms with Crippen LogP contribution < -0.4 is 10.2 Å². The van der Waals surface area contributed by atoms with Gasteiger partial charge in [0.15, 0.2) is 0 Å². The molecule has 1 saturated heterocycles. The Kier molecular flexibility index (Phi) is 8.17. The molecule has 2 heterocycles. The van der Waals surface area contributed by atoms with Gasteiger partial charge in [0.1, 0.15) is 12.0 Å². The van der Waals surface area contributed by atoms with Crippen molar-refractivity contribution in [2.45, 2.75) is 30.9 Å². The predicted octanol–water partition coefficient (Wildman–Crippen LogP) is 6.08. The molecule has 0 bridgehead atoms. The third-order valence-electron chi connectivity index (χ3n) is 8.54. The van der Waals surface area contributed by atoms with Crippen LogP contribution in [0.3, 0.4) is 0 Å². The summed E-state index contributed by atoms with van der Waals surface area (Å²) in [6.07, 6.45) is -0.713. The lowest BCUT2D eigenvalue weighted by Crippen LogP contribution is -2.48. The van der Waals surface area contributed by atoms with Gasteiger partial charge in [-0.05, 0) is 47.7 Å². The van der Waals surface area contributed by atoms with Crippen LogP contribution in [0, 0.1) is 0 Å². The minimum Gasteiger partial charge on any atom is -0.346 e. The number of aromatic nitrogens is 2. The second kappa shape index (κ2) is 12.2. The minimum absolute atomic E-state index is 0.435. The standard InChI is InChI=1S/C34H34F3N5O/c35-34(36,37)24-39-31(43)33(28-14-6-4-12-26(28)27-13-5-7-15-29(27)33)17-8-9-19-41-20-22-42(23-21-41)32-38-18-16-30(40-32)25-10-2-1-3-11-25/h1-7,10-16,18H,8-9,17,19-24H2,(H,39,43). The van der Waals surface area contributed by atoms with Gasteiger partial charge in [-0.15, -0.1) is 0 Å². The zero-order chi connectivity index (χ0) is 29.9. The van der Waals surface area contributed by atoms with E-state index >= 15 is 0 Å². The zero-order valence-electron chi connectivity index (χ0n) is 23.9. The average molecular weight is 586 g/mol. The molecule has 3 aromatic carbocycles. The van der Waals surface area contributed by atoms with Gasteiger partial charge in [-0.25, -0.2) is 9.97 Å². The number of piperazine rings is 1. The highest BCUT2D eigenvalue weighted by Gasteiger charge is 2.49. The fraction of sp³-hybridized carbons (Fsp3) is 0.324. The first-order valence-corrected chi connectivity index (χ1v) is 14.8. The zero-order valence-corrected chi connectivity index (χ0v) is 23.9. The van der Waals surface area contributed by atoms with Gasteiger partial charge in [0.2, 0.25) is 11.9 Å². The Labute approximate surface area is 249 Å². The Morgan fingerprint density at radius 3 is 2.09 bits per heavy atom. The molecule has 0 saturated carbocycles. The van der Waals surface area contributed by atoms with Crippen LogP contribution in [0.1, 0.15) is 30.4 Å². The summed E-state index contributed by atoms with van der Waals surface area (Å²) >= 11 is 0. The highest BCUT2D eigenvalue weighted by Crippen LogP contribution is 2.51. The van der Waals surface area contributed by atoms with E-state index in [-0.39, 0.29) is 0 Å². The maximum Gasteiger partial charge on any atom is 0.405 e. The van der Waals surface area contributed by atoms with Crippen molar-refractivity contribution in [2.24, 2.45) is 0 Å². The summed E-state index contributed by atoms with van der Waals surface area (Å²) in [7, 11) is 0. The number of halogens is 3. The average Bonchev–Trinajstić information content (AvgIpc) is 3.33. The molecule has 6 rings (SSSR count). The number of amides is 1. The molecule has 6 nitrogen and oxygen atoms in total. The van der Waals surface area contributed by atoms with Gasteiger partial charge in [-0.3, -0.25) is 9.69 Å². The lowest BCUT2D eigenvalue weighted by Gasteiger charge is -2.35. The van der Waals surface area contributed by atoms with Crippen LogP contribution in [0.2, 0.25) is 0 Å². The van der Waals surface area contributed by atoms with Crippen molar-refractivity contribution < 1.29 is 18.0 Å². The maximum atomic E-state index is 13.7. The monoisotopic (exact) mass is 585 g/mol. The van der Waals surface area contributed by atoms with E-state index in [1.807, 2.05) is 84.9 Å². The fourth-order valence-corrected chi connectivity index (χ4v) is 6.45. The lowest BCUT2D eigenvalue weighted by molar-refractivity contribution is -0.141. The van der Waals surface area contributed by atoms with E-state index in [1.165, 1.54) is 0 Å². The molecule has 1 aliphatic carbocycles. The highest BCUT2D eigenvalue weighted by atomic mass is 19.4. The highest BCUT2D eigenvalue weighted by molar-refractivity contribution is 6.00. The van der Waals surface area contributed by atoms with E-state index in [4.69, 9.17) is 4.98 Å². The van der Waals surface area contributed by atoms with E-state index in [1.54, 1.807) is 6.20 Å². The van der Waals surface area contributed by atoms with Crippen molar-refractivity contribution in [1.82, 2.24) is 20.2 Å². The molecule has 0 atom stereocenters. The molecular formula is C34H34F3N5O. The summed E-state index contributed by atoms with van der Waals surface area (Å²) in [4.78, 5) is 27.6. The summed E-state index contributed by atoms with van der Waals surface area (Å²) in [6.45, 7) is 2.84. The van der Waals surface area contributed by atoms with E-state index in [0.717, 1.165) is 78.6 Å². The quantitative estimate of drug-likeness (QED) is 0.241. The number of carbonyl (C=O) groups excluding carboxylic acids is 1. The topological polar surface area (TPSA) is 61.4 Å². The lowest BCUT2D eigenvalue weighted by atomic mass is 9.73. The molecule has 2 aliphatic rings. The fourth-order valence-electron chi connectivity index (χ4n) is 6.45. The van der Waals surface area contributed by atoms with E-state index in [2.05, 4.69) is 20.1 Å². The van der Waals surface area contributed by atoms with Crippen molar-refractivity contribution in [3.63, 3.8) is 0 Å². The van der Waals surface area contributed by atoms with Gasteiger partial charge < -0.3 is 10.2 Å². The number of hydrogen-bond acceptors (Lipinski definition) is 5. The largest absolute Gasteiger partial charge is 0.405 e. The summed E-state index contributed by atoms with van der Waals surface area (Å²) in [5.74, 6) is 0.139. The molecule has 9 heteroatoms. The van der Waals surface area contributed by atoms with Crippen LogP contribution in [0.5, 0.6) is 0 Å². The SMILES string of the molecule is O=C(NCC(F)(F)F)C1(CCCCN2CCN(c3nccc(-c4ccccc4)n3)CC2)c2ccccc2-c2ccccc21. The third-order valence-corrected chi connectivity index (χ3v) is 8.54. The number of fused-ring (bicyclic) bond motifs is 3. The van der Waals surface area contributed by atoms with Crippen LogP contribution >= 0.6 is 0 Å². The molecule has 0 radical (unpaired) electrons. The first kappa shape index (κ1) is 28.9. The van der Waals surface area contributed by atoms with Gasteiger partial charge in [-0.2, -0.15) is 13.2 Å². The van der Waals surface area contributed by atoms with Crippen molar-refractivity contribution in [3.05, 3.63) is 102 Å². The molecule has 1 aliphatic heterocycles. The molecule has 1 fully saturated rings. The first-order chi connectivity index (χ1) is 20.8. The van der Waals surface area contributed by atoms with E-state index in [9.17, 15) is 18.0 Å². The number of benzene rings is 3. The first-order valence-electron chi connectivity index (χ1n) is 14.8. The predicted molar refractivity (Wildman–Crippen MR) is 162 cm³/mol. The molecule has 43 heavy (non-hydrogen) atoms. The summed E-state index contributed by atoms with van der Waals surface area (Å²) in [5, 5.41) is 2.22. The summed E-state index contributed by atoms with van der Waals surface area (Å²) in [5.41, 5.74) is 4.19. The second-order valence-corrected chi connectivity index (χ2v) is 11.2. The van der Waals surface area contributed by atoms with Crippen LogP contribution in [0.15, 0.2) is 91.1 Å². The number of nitrogens with one attached hydrogen (secondary N) is 1. The maximum absolute atomic E-state index is 13.7. The Bertz CT molecular complexity index is 1520.